The molecule has 0 amide bonds. The maximum Gasteiger partial charge on any atom is 0.139 e. The van der Waals surface area contributed by atoms with E-state index in [0.717, 1.165) is 29.8 Å². The lowest BCUT2D eigenvalue weighted by Crippen LogP contribution is -2.22. The van der Waals surface area contributed by atoms with Gasteiger partial charge >= 0.3 is 0 Å². The molecule has 0 aliphatic heterocycles. The van der Waals surface area contributed by atoms with Crippen LogP contribution in [0.15, 0.2) is 109 Å². The van der Waals surface area contributed by atoms with Crippen molar-refractivity contribution in [2.45, 2.75) is 151 Å². The van der Waals surface area contributed by atoms with Crippen LogP contribution in [-0.4, -0.2) is 46.1 Å². The molecule has 330 valence electrons. The van der Waals surface area contributed by atoms with E-state index in [0.29, 0.717) is 48.2 Å². The van der Waals surface area contributed by atoms with Crippen LogP contribution < -0.4 is 0 Å². The smallest absolute Gasteiger partial charge is 0.139 e. The highest BCUT2D eigenvalue weighted by Crippen LogP contribution is 2.30. The fraction of sp³-hybridized carbons (Fsp3) is 0.442. The standard InChI is InChI=1S/C13H17NO.C11H13N.C8H11N.2C7H10N2.C6H9NO/c1-13(2,3)11-6-7-14-12-8-9(15)4-5-10(11)12;1-8(2)9-6-7-12-11-5-3-4-10(9)11;1-7(2)8-3-5-9-6-4-8;1-6(2)7-3-4-8-5-9-7;1-6(2)7-3-4-8-9-5-7;1-5(2)6-3-7-8-4-6/h6-7H,4-5,8H2,1-3H3;3-4,6-8H,5H2,1-2H3;3-7H,1-2H3;2*3-6H,1-2H3;3-5H,1-2H3. The highest BCUT2D eigenvalue weighted by Gasteiger charge is 2.24. The fourth-order valence-electron chi connectivity index (χ4n) is 6.42. The topological polar surface area (TPSA) is 133 Å². The Hall–Kier alpha value is -5.77. The van der Waals surface area contributed by atoms with Crippen molar-refractivity contribution < 1.29 is 9.32 Å². The van der Waals surface area contributed by atoms with E-state index >= 15 is 0 Å². The molecule has 0 aromatic carbocycles. The van der Waals surface area contributed by atoms with Crippen molar-refractivity contribution in [2.75, 3.05) is 0 Å². The fourth-order valence-corrected chi connectivity index (χ4v) is 6.42. The first-order chi connectivity index (χ1) is 29.5. The lowest BCUT2D eigenvalue weighted by molar-refractivity contribution is -0.118. The van der Waals surface area contributed by atoms with Crippen LogP contribution in [0.3, 0.4) is 0 Å². The monoisotopic (exact) mass is 839 g/mol. The summed E-state index contributed by atoms with van der Waals surface area (Å²) < 4.78 is 4.63. The first-order valence-electron chi connectivity index (χ1n) is 21.9. The van der Waals surface area contributed by atoms with E-state index in [1.807, 2.05) is 49.1 Å². The number of fused-ring (bicyclic) bond motifs is 2. The second kappa shape index (κ2) is 25.9. The van der Waals surface area contributed by atoms with Crippen molar-refractivity contribution >= 4 is 11.9 Å². The summed E-state index contributed by atoms with van der Waals surface area (Å²) in [6, 6.07) is 12.2. The quantitative estimate of drug-likeness (QED) is 0.165. The van der Waals surface area contributed by atoms with E-state index in [4.69, 9.17) is 0 Å². The number of rotatable bonds is 5. The van der Waals surface area contributed by atoms with Crippen LogP contribution >= 0.6 is 0 Å². The van der Waals surface area contributed by atoms with Crippen LogP contribution in [-0.2, 0) is 29.5 Å². The second-order valence-electron chi connectivity index (χ2n) is 17.9. The third-order valence-electron chi connectivity index (χ3n) is 10.3. The van der Waals surface area contributed by atoms with Crippen LogP contribution in [0, 0.1) is 0 Å². The Bertz CT molecular complexity index is 2070. The Kier molecular flexibility index (Phi) is 21.1. The van der Waals surface area contributed by atoms with E-state index in [2.05, 4.69) is 159 Å². The van der Waals surface area contributed by atoms with Crippen LogP contribution in [0.5, 0.6) is 0 Å². The molecule has 10 nitrogen and oxygen atoms in total. The van der Waals surface area contributed by atoms with Gasteiger partial charge in [-0.15, -0.1) is 0 Å². The SMILES string of the molecule is CC(C)(C)c1ccnc2c1CCC(=O)C2.CC(C)c1ccnc2c1C=CC2.CC(C)c1ccncc1.CC(C)c1ccncn1.CC(C)c1ccnnc1.CC(C)c1cnoc1. The van der Waals surface area contributed by atoms with E-state index in [1.165, 1.54) is 39.1 Å². The number of hydrogen-bond donors (Lipinski definition) is 0. The Balaban J connectivity index is 0.000000201. The average Bonchev–Trinajstić information content (AvgIpc) is 3.99. The van der Waals surface area contributed by atoms with Crippen molar-refractivity contribution in [3.8, 4) is 0 Å². The van der Waals surface area contributed by atoms with Gasteiger partial charge in [0.05, 0.1) is 23.8 Å². The molecular weight excluding hydrogens is 769 g/mol. The summed E-state index contributed by atoms with van der Waals surface area (Å²) in [6.07, 6.45) is 25.1. The van der Waals surface area contributed by atoms with Gasteiger partial charge in [0, 0.05) is 67.7 Å². The van der Waals surface area contributed by atoms with E-state index < -0.39 is 0 Å². The molecule has 0 fully saturated rings. The lowest BCUT2D eigenvalue weighted by atomic mass is 9.80. The molecule has 0 N–H and O–H groups in total. The number of aromatic nitrogens is 8. The van der Waals surface area contributed by atoms with Crippen LogP contribution in [0.25, 0.3) is 6.08 Å². The molecule has 0 atom stereocenters. The molecule has 0 saturated carbocycles. The van der Waals surface area contributed by atoms with Gasteiger partial charge in [0.15, 0.2) is 0 Å². The molecular formula is C52H70N8O2. The molecule has 2 aliphatic rings. The maximum atomic E-state index is 11.3. The molecule has 6 aromatic heterocycles. The molecule has 62 heavy (non-hydrogen) atoms. The zero-order valence-electron chi connectivity index (χ0n) is 39.5. The summed E-state index contributed by atoms with van der Waals surface area (Å²) in [5.74, 6) is 3.13. The number of pyridine rings is 3. The van der Waals surface area contributed by atoms with Gasteiger partial charge in [-0.2, -0.15) is 10.2 Å². The largest absolute Gasteiger partial charge is 0.364 e. The van der Waals surface area contributed by atoms with Crippen molar-refractivity contribution in [3.05, 3.63) is 161 Å². The van der Waals surface area contributed by atoms with Gasteiger partial charge < -0.3 is 4.52 Å². The van der Waals surface area contributed by atoms with Gasteiger partial charge in [-0.25, -0.2) is 9.97 Å². The maximum absolute atomic E-state index is 11.3. The average molecular weight is 839 g/mol. The molecule has 0 bridgehead atoms. The third kappa shape index (κ3) is 17.3. The van der Waals surface area contributed by atoms with Gasteiger partial charge in [-0.05, 0) is 111 Å². The zero-order chi connectivity index (χ0) is 45.7. The highest BCUT2D eigenvalue weighted by atomic mass is 16.5. The molecule has 6 heterocycles. The predicted octanol–water partition coefficient (Wildman–Crippen LogP) is 12.4. The highest BCUT2D eigenvalue weighted by molar-refractivity contribution is 5.82. The summed E-state index contributed by atoms with van der Waals surface area (Å²) in [6.45, 7) is 28.1. The van der Waals surface area contributed by atoms with E-state index in [9.17, 15) is 4.79 Å². The first kappa shape index (κ1) is 50.6. The number of carbonyl (C=O) groups is 1. The second-order valence-corrected chi connectivity index (χ2v) is 17.9. The van der Waals surface area contributed by atoms with Crippen molar-refractivity contribution in [1.82, 2.24) is 40.3 Å². The first-order valence-corrected chi connectivity index (χ1v) is 21.9. The Morgan fingerprint density at radius 2 is 1.24 bits per heavy atom. The Morgan fingerprint density at radius 1 is 0.597 bits per heavy atom. The molecule has 0 spiro atoms. The summed E-state index contributed by atoms with van der Waals surface area (Å²) >= 11 is 0. The molecule has 0 radical (unpaired) electrons. The van der Waals surface area contributed by atoms with E-state index in [-0.39, 0.29) is 5.41 Å². The normalized spacial score (nSPS) is 12.4. The number of ketones is 1. The molecule has 0 saturated heterocycles. The van der Waals surface area contributed by atoms with Gasteiger partial charge in [0.2, 0.25) is 0 Å². The Labute approximate surface area is 371 Å². The molecule has 10 heteroatoms. The van der Waals surface area contributed by atoms with Gasteiger partial charge in [-0.3, -0.25) is 19.7 Å². The number of hydrogen-bond acceptors (Lipinski definition) is 10. The molecule has 0 unspecified atom stereocenters. The predicted molar refractivity (Wildman–Crippen MR) is 252 cm³/mol. The van der Waals surface area contributed by atoms with Crippen molar-refractivity contribution in [3.63, 3.8) is 0 Å². The van der Waals surface area contributed by atoms with Crippen LogP contribution in [0.4, 0.5) is 0 Å². The molecule has 6 aromatic rings. The minimum atomic E-state index is 0.146. The number of nitrogens with zero attached hydrogens (tertiary/aromatic N) is 8. The van der Waals surface area contributed by atoms with Gasteiger partial charge in [0.1, 0.15) is 18.4 Å². The van der Waals surface area contributed by atoms with Crippen LogP contribution in [0.2, 0.25) is 0 Å². The molecule has 8 rings (SSSR count). The Morgan fingerprint density at radius 3 is 1.73 bits per heavy atom. The van der Waals surface area contributed by atoms with Gasteiger partial charge in [0.25, 0.3) is 0 Å². The minimum absolute atomic E-state index is 0.146. The zero-order valence-corrected chi connectivity index (χ0v) is 39.5. The lowest BCUT2D eigenvalue weighted by Gasteiger charge is -2.26. The summed E-state index contributed by atoms with van der Waals surface area (Å²) in [5.41, 5.74) is 12.7. The summed E-state index contributed by atoms with van der Waals surface area (Å²) in [4.78, 5) is 31.8. The summed E-state index contributed by atoms with van der Waals surface area (Å²) in [7, 11) is 0. The van der Waals surface area contributed by atoms with Crippen LogP contribution in [0.1, 0.15) is 182 Å². The number of Topliss-reactive ketones (excluding diaryl/α,β-unsaturated/α-hetero) is 1. The molecule has 2 aliphatic carbocycles. The van der Waals surface area contributed by atoms with E-state index in [1.54, 1.807) is 37.4 Å². The van der Waals surface area contributed by atoms with Crippen molar-refractivity contribution in [2.24, 2.45) is 0 Å². The third-order valence-corrected chi connectivity index (χ3v) is 10.3. The van der Waals surface area contributed by atoms with Crippen molar-refractivity contribution in [1.29, 1.82) is 0 Å². The number of allylic oxidation sites excluding steroid dienone is 1. The number of carbonyl (C=O) groups excluding carboxylic acids is 1. The minimum Gasteiger partial charge on any atom is -0.364 e. The summed E-state index contributed by atoms with van der Waals surface area (Å²) in [5, 5.41) is 11.0. The van der Waals surface area contributed by atoms with Gasteiger partial charge in [-0.1, -0.05) is 107 Å².